The molecule has 2 aromatic heterocycles. The SMILES string of the molecule is CC(C)c1nnc(NC(=O)CSc2nccn2-c2ccc(Br)cc2)o1. The van der Waals surface area contributed by atoms with Gasteiger partial charge in [-0.3, -0.25) is 14.7 Å². The van der Waals surface area contributed by atoms with Crippen LogP contribution in [0.3, 0.4) is 0 Å². The number of nitrogens with zero attached hydrogens (tertiary/aromatic N) is 4. The van der Waals surface area contributed by atoms with E-state index >= 15 is 0 Å². The Morgan fingerprint density at radius 2 is 2.08 bits per heavy atom. The number of aromatic nitrogens is 4. The molecule has 0 aliphatic carbocycles. The van der Waals surface area contributed by atoms with Crippen LogP contribution in [0.25, 0.3) is 5.69 Å². The van der Waals surface area contributed by atoms with Crippen molar-refractivity contribution in [2.24, 2.45) is 0 Å². The van der Waals surface area contributed by atoms with E-state index in [0.717, 1.165) is 15.3 Å². The summed E-state index contributed by atoms with van der Waals surface area (Å²) in [4.78, 5) is 16.4. The van der Waals surface area contributed by atoms with Gasteiger partial charge in [-0.1, -0.05) is 46.6 Å². The number of nitrogens with one attached hydrogen (secondary N) is 1. The van der Waals surface area contributed by atoms with Crippen molar-refractivity contribution in [3.8, 4) is 5.69 Å². The third-order valence-electron chi connectivity index (χ3n) is 3.22. The molecule has 130 valence electrons. The minimum Gasteiger partial charge on any atom is -0.408 e. The highest BCUT2D eigenvalue weighted by Gasteiger charge is 2.14. The normalized spacial score (nSPS) is 11.0. The van der Waals surface area contributed by atoms with Crippen molar-refractivity contribution in [2.45, 2.75) is 24.9 Å². The van der Waals surface area contributed by atoms with E-state index in [9.17, 15) is 4.79 Å². The highest BCUT2D eigenvalue weighted by molar-refractivity contribution is 9.10. The van der Waals surface area contributed by atoms with Crippen LogP contribution in [0.2, 0.25) is 0 Å². The highest BCUT2D eigenvalue weighted by Crippen LogP contribution is 2.22. The first-order valence-corrected chi connectivity index (χ1v) is 9.36. The number of hydrogen-bond donors (Lipinski definition) is 1. The van der Waals surface area contributed by atoms with Gasteiger partial charge in [0.15, 0.2) is 5.16 Å². The fourth-order valence-electron chi connectivity index (χ4n) is 2.00. The summed E-state index contributed by atoms with van der Waals surface area (Å²) < 4.78 is 8.30. The number of rotatable bonds is 6. The third-order valence-corrected chi connectivity index (χ3v) is 4.72. The number of hydrogen-bond acceptors (Lipinski definition) is 6. The van der Waals surface area contributed by atoms with Gasteiger partial charge in [-0.25, -0.2) is 4.98 Å². The van der Waals surface area contributed by atoms with Gasteiger partial charge >= 0.3 is 6.01 Å². The maximum absolute atomic E-state index is 12.1. The molecule has 0 unspecified atom stereocenters. The number of carbonyl (C=O) groups is 1. The Hall–Kier alpha value is -2.13. The predicted octanol–water partition coefficient (Wildman–Crippen LogP) is 3.87. The summed E-state index contributed by atoms with van der Waals surface area (Å²) in [6.45, 7) is 3.88. The molecule has 0 bridgehead atoms. The number of amides is 1. The zero-order valence-corrected chi connectivity index (χ0v) is 16.0. The van der Waals surface area contributed by atoms with Crippen molar-refractivity contribution in [3.05, 3.63) is 47.0 Å². The van der Waals surface area contributed by atoms with Gasteiger partial charge in [0.1, 0.15) is 0 Å². The van der Waals surface area contributed by atoms with Crippen LogP contribution >= 0.6 is 27.7 Å². The van der Waals surface area contributed by atoms with E-state index in [0.29, 0.717) is 5.89 Å². The zero-order valence-electron chi connectivity index (χ0n) is 13.6. The van der Waals surface area contributed by atoms with Crippen LogP contribution in [0.15, 0.2) is 50.7 Å². The number of thioether (sulfide) groups is 1. The average molecular weight is 422 g/mol. The number of imidazole rings is 1. The quantitative estimate of drug-likeness (QED) is 0.607. The Bertz CT molecular complexity index is 860. The summed E-state index contributed by atoms with van der Waals surface area (Å²) in [6.07, 6.45) is 3.56. The second-order valence-electron chi connectivity index (χ2n) is 5.49. The lowest BCUT2D eigenvalue weighted by molar-refractivity contribution is -0.113. The van der Waals surface area contributed by atoms with Gasteiger partial charge in [-0.2, -0.15) is 0 Å². The van der Waals surface area contributed by atoms with Crippen molar-refractivity contribution in [1.29, 1.82) is 0 Å². The first-order valence-electron chi connectivity index (χ1n) is 7.58. The number of benzene rings is 1. The molecule has 0 fully saturated rings. The summed E-state index contributed by atoms with van der Waals surface area (Å²) in [5.41, 5.74) is 0.974. The first-order chi connectivity index (χ1) is 12.0. The summed E-state index contributed by atoms with van der Waals surface area (Å²) >= 11 is 4.75. The van der Waals surface area contributed by atoms with E-state index in [1.807, 2.05) is 48.9 Å². The van der Waals surface area contributed by atoms with Gasteiger partial charge in [-0.05, 0) is 24.3 Å². The molecule has 0 spiro atoms. The van der Waals surface area contributed by atoms with Crippen molar-refractivity contribution < 1.29 is 9.21 Å². The van der Waals surface area contributed by atoms with Gasteiger partial charge < -0.3 is 4.42 Å². The molecule has 0 aliphatic rings. The van der Waals surface area contributed by atoms with Crippen LogP contribution in [0, 0.1) is 0 Å². The van der Waals surface area contributed by atoms with E-state index in [1.165, 1.54) is 11.8 Å². The zero-order chi connectivity index (χ0) is 17.8. The molecule has 3 aromatic rings. The van der Waals surface area contributed by atoms with Gasteiger partial charge in [-0.15, -0.1) is 5.10 Å². The van der Waals surface area contributed by atoms with Gasteiger partial charge in [0.2, 0.25) is 11.8 Å². The standard InChI is InChI=1S/C16H16BrN5O2S/c1-10(2)14-20-21-15(24-14)19-13(23)9-25-16-18-7-8-22(16)12-5-3-11(17)4-6-12/h3-8,10H,9H2,1-2H3,(H,19,21,23). The second kappa shape index (κ2) is 7.83. The van der Waals surface area contributed by atoms with Gasteiger partial charge in [0, 0.05) is 28.5 Å². The van der Waals surface area contributed by atoms with Crippen molar-refractivity contribution in [1.82, 2.24) is 19.7 Å². The van der Waals surface area contributed by atoms with Gasteiger partial charge in [0.05, 0.1) is 5.75 Å². The average Bonchev–Trinajstić information content (AvgIpc) is 3.23. The molecule has 2 heterocycles. The van der Waals surface area contributed by atoms with Crippen LogP contribution in [0.1, 0.15) is 25.7 Å². The molecule has 0 radical (unpaired) electrons. The summed E-state index contributed by atoms with van der Waals surface area (Å²) in [6, 6.07) is 7.98. The van der Waals surface area contributed by atoms with Crippen LogP contribution in [0.4, 0.5) is 6.01 Å². The predicted molar refractivity (Wildman–Crippen MR) is 99.0 cm³/mol. The molecule has 0 saturated heterocycles. The summed E-state index contributed by atoms with van der Waals surface area (Å²) in [5.74, 6) is 0.571. The number of halogens is 1. The Morgan fingerprint density at radius 1 is 1.32 bits per heavy atom. The minimum absolute atomic E-state index is 0.116. The van der Waals surface area contributed by atoms with Crippen LogP contribution < -0.4 is 5.32 Å². The Labute approximate surface area is 157 Å². The maximum atomic E-state index is 12.1. The molecule has 1 amide bonds. The van der Waals surface area contributed by atoms with Crippen LogP contribution in [-0.4, -0.2) is 31.4 Å². The van der Waals surface area contributed by atoms with Crippen molar-refractivity contribution in [3.63, 3.8) is 0 Å². The van der Waals surface area contributed by atoms with E-state index in [1.54, 1.807) is 6.20 Å². The number of carbonyl (C=O) groups excluding carboxylic acids is 1. The molecule has 0 aliphatic heterocycles. The van der Waals surface area contributed by atoms with E-state index in [-0.39, 0.29) is 23.6 Å². The summed E-state index contributed by atoms with van der Waals surface area (Å²) in [7, 11) is 0. The molecule has 7 nitrogen and oxygen atoms in total. The highest BCUT2D eigenvalue weighted by atomic mass is 79.9. The lowest BCUT2D eigenvalue weighted by atomic mass is 10.2. The molecule has 1 aromatic carbocycles. The number of anilines is 1. The van der Waals surface area contributed by atoms with E-state index < -0.39 is 0 Å². The molecule has 3 rings (SSSR count). The fraction of sp³-hybridized carbons (Fsp3) is 0.250. The van der Waals surface area contributed by atoms with E-state index in [4.69, 9.17) is 4.42 Å². The molecule has 0 saturated carbocycles. The smallest absolute Gasteiger partial charge is 0.322 e. The topological polar surface area (TPSA) is 85.8 Å². The lowest BCUT2D eigenvalue weighted by Crippen LogP contribution is -2.14. The van der Waals surface area contributed by atoms with E-state index in [2.05, 4.69) is 36.4 Å². The maximum Gasteiger partial charge on any atom is 0.322 e. The molecular weight excluding hydrogens is 406 g/mol. The lowest BCUT2D eigenvalue weighted by Gasteiger charge is -2.07. The monoisotopic (exact) mass is 421 g/mol. The second-order valence-corrected chi connectivity index (χ2v) is 7.35. The Balaban J connectivity index is 1.61. The first kappa shape index (κ1) is 17.7. The van der Waals surface area contributed by atoms with Crippen molar-refractivity contribution >= 4 is 39.6 Å². The molecule has 25 heavy (non-hydrogen) atoms. The molecule has 1 N–H and O–H groups in total. The molecule has 9 heteroatoms. The molecule has 0 atom stereocenters. The fourth-order valence-corrected chi connectivity index (χ4v) is 3.04. The summed E-state index contributed by atoms with van der Waals surface area (Å²) in [5, 5.41) is 11.0. The largest absolute Gasteiger partial charge is 0.408 e. The minimum atomic E-state index is -0.227. The van der Waals surface area contributed by atoms with Gasteiger partial charge in [0.25, 0.3) is 0 Å². The Kier molecular flexibility index (Phi) is 5.54. The third kappa shape index (κ3) is 4.49. The van der Waals surface area contributed by atoms with Crippen LogP contribution in [0.5, 0.6) is 0 Å². The molecular formula is C16H16BrN5O2S. The van der Waals surface area contributed by atoms with Crippen LogP contribution in [-0.2, 0) is 4.79 Å². The Morgan fingerprint density at radius 3 is 2.76 bits per heavy atom. The van der Waals surface area contributed by atoms with Crippen molar-refractivity contribution in [2.75, 3.05) is 11.1 Å².